The highest BCUT2D eigenvalue weighted by Gasteiger charge is 2.51. The molecule has 0 spiro atoms. The van der Waals surface area contributed by atoms with E-state index in [1.807, 2.05) is 6.08 Å². The minimum atomic E-state index is -1.79. The van der Waals surface area contributed by atoms with E-state index in [1.54, 1.807) is 6.08 Å². The average Bonchev–Trinajstić information content (AvgIpc) is 3.44. The zero-order chi connectivity index (χ0) is 56.7. The van der Waals surface area contributed by atoms with Crippen LogP contribution in [0.1, 0.15) is 219 Å². The van der Waals surface area contributed by atoms with Gasteiger partial charge in [0.1, 0.15) is 48.8 Å². The fourth-order valence-electron chi connectivity index (χ4n) is 9.63. The molecular weight excluding hydrogens is 991 g/mol. The first-order valence-electron chi connectivity index (χ1n) is 30.8. The molecule has 1 amide bonds. The molecule has 2 fully saturated rings. The molecule has 2 heterocycles. The van der Waals surface area contributed by atoms with Gasteiger partial charge in [0.25, 0.3) is 0 Å². The van der Waals surface area contributed by atoms with Gasteiger partial charge in [0, 0.05) is 6.42 Å². The number of hydrogen-bond acceptors (Lipinski definition) is 13. The number of unbranched alkanes of at least 4 members (excludes halogenated alkanes) is 23. The highest BCUT2D eigenvalue weighted by Crippen LogP contribution is 2.30. The van der Waals surface area contributed by atoms with Crippen molar-refractivity contribution in [2.75, 3.05) is 19.8 Å². The maximum atomic E-state index is 13.2. The molecule has 2 saturated heterocycles. The van der Waals surface area contributed by atoms with Crippen LogP contribution in [-0.4, -0.2) is 140 Å². The van der Waals surface area contributed by atoms with Gasteiger partial charge in [0.15, 0.2) is 12.6 Å². The fourth-order valence-corrected chi connectivity index (χ4v) is 9.63. The Morgan fingerprint density at radius 1 is 0.474 bits per heavy atom. The Kier molecular flexibility index (Phi) is 44.6. The first-order valence-corrected chi connectivity index (χ1v) is 30.8. The quantitative estimate of drug-likeness (QED) is 0.0204. The molecular formula is C64H111NO13. The normalized spacial score (nSPS) is 25.2. The lowest BCUT2D eigenvalue weighted by Gasteiger charge is -2.46. The summed E-state index contributed by atoms with van der Waals surface area (Å²) in [6.07, 6.45) is 49.6. The van der Waals surface area contributed by atoms with Crippen molar-refractivity contribution in [2.24, 2.45) is 0 Å². The van der Waals surface area contributed by atoms with E-state index >= 15 is 0 Å². The number of amides is 1. The summed E-state index contributed by atoms with van der Waals surface area (Å²) in [5.41, 5.74) is 0. The number of carbonyl (C=O) groups is 1. The van der Waals surface area contributed by atoms with Crippen LogP contribution in [-0.2, 0) is 23.7 Å². The van der Waals surface area contributed by atoms with E-state index < -0.39 is 86.8 Å². The second-order valence-corrected chi connectivity index (χ2v) is 21.4. The summed E-state index contributed by atoms with van der Waals surface area (Å²) >= 11 is 0. The Hall–Kier alpha value is -2.83. The van der Waals surface area contributed by atoms with Crippen molar-refractivity contribution in [1.29, 1.82) is 0 Å². The first-order chi connectivity index (χ1) is 38.1. The maximum Gasteiger partial charge on any atom is 0.220 e. The van der Waals surface area contributed by atoms with Gasteiger partial charge in [-0.2, -0.15) is 0 Å². The molecule has 12 atom stereocenters. The number of carbonyl (C=O) groups excluding carboxylic acids is 1. The molecule has 2 aliphatic heterocycles. The molecule has 0 aromatic heterocycles. The van der Waals surface area contributed by atoms with E-state index in [-0.39, 0.29) is 18.9 Å². The summed E-state index contributed by atoms with van der Waals surface area (Å²) < 4.78 is 22.7. The van der Waals surface area contributed by atoms with Gasteiger partial charge in [-0.1, -0.05) is 221 Å². The Labute approximate surface area is 471 Å². The lowest BCUT2D eigenvalue weighted by Crippen LogP contribution is -2.65. The largest absolute Gasteiger partial charge is 0.394 e. The minimum Gasteiger partial charge on any atom is -0.394 e. The van der Waals surface area contributed by atoms with Gasteiger partial charge in [-0.25, -0.2) is 0 Å². The Morgan fingerprint density at radius 2 is 0.897 bits per heavy atom. The highest BCUT2D eigenvalue weighted by atomic mass is 16.7. The van der Waals surface area contributed by atoms with Gasteiger partial charge in [-0.15, -0.1) is 0 Å². The third kappa shape index (κ3) is 33.8. The number of aliphatic hydroxyl groups is 8. The summed E-state index contributed by atoms with van der Waals surface area (Å²) in [5, 5.41) is 86.8. The van der Waals surface area contributed by atoms with Crippen molar-refractivity contribution < 1.29 is 64.6 Å². The van der Waals surface area contributed by atoms with Gasteiger partial charge < -0.3 is 65.1 Å². The minimum absolute atomic E-state index is 0.253. The zero-order valence-corrected chi connectivity index (χ0v) is 48.4. The maximum absolute atomic E-state index is 13.2. The SMILES string of the molecule is CC/C=C\C/C=C\C/C=C\C/C=C\C/C=C\CCCCCCCCCCCCCCCCCCCCCC(=O)NC(COC1OC(CO)C(OC2OC(CO)C(O)C(O)C2O)C(O)C1O)C(O)/C=C/CC/C=C/CCCCC. The molecule has 0 aromatic rings. The Morgan fingerprint density at radius 3 is 1.41 bits per heavy atom. The zero-order valence-electron chi connectivity index (χ0n) is 48.4. The average molecular weight is 1100 g/mol. The lowest BCUT2D eigenvalue weighted by molar-refractivity contribution is -0.359. The summed E-state index contributed by atoms with van der Waals surface area (Å²) in [4.78, 5) is 13.2. The molecule has 9 N–H and O–H groups in total. The number of ether oxygens (including phenoxy) is 4. The summed E-state index contributed by atoms with van der Waals surface area (Å²) in [6, 6.07) is -0.931. The second-order valence-electron chi connectivity index (χ2n) is 21.4. The smallest absolute Gasteiger partial charge is 0.220 e. The van der Waals surface area contributed by atoms with Crippen LogP contribution in [0.4, 0.5) is 0 Å². The van der Waals surface area contributed by atoms with Crippen molar-refractivity contribution >= 4 is 5.91 Å². The predicted octanol–water partition coefficient (Wildman–Crippen LogP) is 10.9. The van der Waals surface area contributed by atoms with E-state index in [4.69, 9.17) is 18.9 Å². The van der Waals surface area contributed by atoms with Crippen LogP contribution in [0.25, 0.3) is 0 Å². The van der Waals surface area contributed by atoms with Crippen molar-refractivity contribution in [1.82, 2.24) is 5.32 Å². The van der Waals surface area contributed by atoms with E-state index in [9.17, 15) is 45.6 Å². The molecule has 450 valence electrons. The lowest BCUT2D eigenvalue weighted by atomic mass is 9.97. The number of allylic oxidation sites excluding steroid dienone is 13. The highest BCUT2D eigenvalue weighted by molar-refractivity contribution is 5.76. The molecule has 0 bridgehead atoms. The van der Waals surface area contributed by atoms with E-state index in [0.29, 0.717) is 12.8 Å². The number of hydrogen-bond donors (Lipinski definition) is 9. The molecule has 0 radical (unpaired) electrons. The van der Waals surface area contributed by atoms with Gasteiger partial charge in [-0.3, -0.25) is 4.79 Å². The number of aliphatic hydroxyl groups excluding tert-OH is 8. The Bertz CT molecular complexity index is 1630. The standard InChI is InChI=1S/C64H111NO13/c1-3-5-7-9-11-13-14-15-16-17-18-19-20-21-22-23-24-25-26-27-28-29-30-31-32-33-34-35-36-37-38-40-42-44-46-48-56(69)65-52(53(68)47-45-43-41-39-12-10-8-6-4-2)51-75-63-61(74)59(72)62(55(50-67)77-63)78-64-60(73)58(71)57(70)54(49-66)76-64/h5,7,11-13,15-16,18-19,21-22,39,45,47,52-55,57-64,66-68,70-74H,3-4,6,8-10,14,17,20,23-38,40-44,46,48-51H2,1-2H3,(H,65,69)/b7-5-,13-11-,16-15-,19-18-,22-21-,39-12+,47-45+. The van der Waals surface area contributed by atoms with Crippen molar-refractivity contribution in [3.8, 4) is 0 Å². The van der Waals surface area contributed by atoms with E-state index in [1.165, 1.54) is 116 Å². The van der Waals surface area contributed by atoms with E-state index in [2.05, 4.69) is 92.1 Å². The van der Waals surface area contributed by atoms with Crippen LogP contribution in [0.5, 0.6) is 0 Å². The topological polar surface area (TPSA) is 228 Å². The molecule has 12 unspecified atom stereocenters. The second kappa shape index (κ2) is 48.8. The van der Waals surface area contributed by atoms with Gasteiger partial charge in [-0.05, 0) is 77.0 Å². The molecule has 14 heteroatoms. The van der Waals surface area contributed by atoms with Gasteiger partial charge >= 0.3 is 0 Å². The molecule has 0 aromatic carbocycles. The van der Waals surface area contributed by atoms with Gasteiger partial charge in [0.2, 0.25) is 5.91 Å². The molecule has 78 heavy (non-hydrogen) atoms. The van der Waals surface area contributed by atoms with Crippen LogP contribution in [0.15, 0.2) is 85.1 Å². The Balaban J connectivity index is 1.58. The van der Waals surface area contributed by atoms with Crippen LogP contribution >= 0.6 is 0 Å². The van der Waals surface area contributed by atoms with Crippen LogP contribution in [0.2, 0.25) is 0 Å². The summed E-state index contributed by atoms with van der Waals surface area (Å²) in [6.45, 7) is 2.60. The monoisotopic (exact) mass is 1100 g/mol. The third-order valence-corrected chi connectivity index (χ3v) is 14.6. The third-order valence-electron chi connectivity index (χ3n) is 14.6. The predicted molar refractivity (Wildman–Crippen MR) is 313 cm³/mol. The molecule has 2 aliphatic rings. The van der Waals surface area contributed by atoms with Gasteiger partial charge in [0.05, 0.1) is 32.0 Å². The first kappa shape index (κ1) is 71.3. The number of rotatable bonds is 48. The van der Waals surface area contributed by atoms with Crippen molar-refractivity contribution in [3.05, 3.63) is 85.1 Å². The summed E-state index contributed by atoms with van der Waals surface area (Å²) in [7, 11) is 0. The fraction of sp³-hybridized carbons (Fsp3) is 0.766. The van der Waals surface area contributed by atoms with Crippen LogP contribution in [0.3, 0.4) is 0 Å². The van der Waals surface area contributed by atoms with Crippen LogP contribution < -0.4 is 5.32 Å². The van der Waals surface area contributed by atoms with E-state index in [0.717, 1.165) is 70.6 Å². The van der Waals surface area contributed by atoms with Crippen molar-refractivity contribution in [2.45, 2.75) is 293 Å². The summed E-state index contributed by atoms with van der Waals surface area (Å²) in [5.74, 6) is -0.253. The molecule has 14 nitrogen and oxygen atoms in total. The number of nitrogens with one attached hydrogen (secondary N) is 1. The van der Waals surface area contributed by atoms with Crippen LogP contribution in [0, 0.1) is 0 Å². The molecule has 0 saturated carbocycles. The van der Waals surface area contributed by atoms with Crippen molar-refractivity contribution in [3.63, 3.8) is 0 Å². The molecule has 2 rings (SSSR count). The molecule has 0 aliphatic carbocycles.